The van der Waals surface area contributed by atoms with Crippen LogP contribution in [0.5, 0.6) is 0 Å². The van der Waals surface area contributed by atoms with Gasteiger partial charge in [-0.3, -0.25) is 0 Å². The largest absolute Gasteiger partial charge is 0.399 e. The molecule has 0 aliphatic rings. The maximum Gasteiger partial charge on any atom is 0.352 e. The molecule has 22 heavy (non-hydrogen) atoms. The summed E-state index contributed by atoms with van der Waals surface area (Å²) in [4.78, 5) is 17.0. The Kier molecular flexibility index (Phi) is 3.66. The molecule has 1 aromatic carbocycles. The lowest BCUT2D eigenvalue weighted by molar-refractivity contribution is 0.656. The highest BCUT2D eigenvalue weighted by Gasteiger charge is 2.11. The van der Waals surface area contributed by atoms with Gasteiger partial charge < -0.3 is 5.73 Å². The molecule has 6 heteroatoms. The van der Waals surface area contributed by atoms with Crippen molar-refractivity contribution < 1.29 is 0 Å². The van der Waals surface area contributed by atoms with E-state index in [2.05, 4.69) is 17.0 Å². The van der Waals surface area contributed by atoms with Crippen LogP contribution < -0.4 is 11.4 Å². The van der Waals surface area contributed by atoms with E-state index in [1.807, 2.05) is 37.3 Å². The molecule has 114 valence electrons. The predicted octanol–water partition coefficient (Wildman–Crippen LogP) is 1.78. The number of aryl methyl sites for hydroxylation is 2. The molecule has 0 amide bonds. The molecule has 0 saturated carbocycles. The molecule has 0 radical (unpaired) electrons. The van der Waals surface area contributed by atoms with Gasteiger partial charge in [-0.15, -0.1) is 5.10 Å². The number of nitrogens with two attached hydrogens (primary N) is 1. The van der Waals surface area contributed by atoms with Crippen LogP contribution in [0.15, 0.2) is 35.1 Å². The van der Waals surface area contributed by atoms with Gasteiger partial charge in [0.1, 0.15) is 5.82 Å². The second-order valence-corrected chi connectivity index (χ2v) is 5.42. The Morgan fingerprint density at radius 3 is 2.64 bits per heavy atom. The minimum atomic E-state index is -0.167. The molecule has 0 saturated heterocycles. The first-order valence-corrected chi connectivity index (χ1v) is 7.39. The maximum absolute atomic E-state index is 12.5. The Bertz CT molecular complexity index is 861. The smallest absolute Gasteiger partial charge is 0.352 e. The summed E-state index contributed by atoms with van der Waals surface area (Å²) in [5.41, 5.74) is 8.82. The molecule has 2 heterocycles. The SMILES string of the molecule is CCCc1cc2nn(Cc3ccc(N)cc3)c(=O)n2c(C)n1. The van der Waals surface area contributed by atoms with Crippen LogP contribution in [0.4, 0.5) is 5.69 Å². The third kappa shape index (κ3) is 2.59. The number of aromatic nitrogens is 4. The lowest BCUT2D eigenvalue weighted by Crippen LogP contribution is -2.23. The number of hydrogen-bond donors (Lipinski definition) is 1. The summed E-state index contributed by atoms with van der Waals surface area (Å²) < 4.78 is 3.02. The van der Waals surface area contributed by atoms with Gasteiger partial charge in [-0.2, -0.15) is 0 Å². The molecule has 0 aliphatic carbocycles. The highest BCUT2D eigenvalue weighted by atomic mass is 16.2. The van der Waals surface area contributed by atoms with Crippen molar-refractivity contribution in [3.05, 3.63) is 57.9 Å². The number of fused-ring (bicyclic) bond motifs is 1. The van der Waals surface area contributed by atoms with E-state index in [0.29, 0.717) is 23.7 Å². The summed E-state index contributed by atoms with van der Waals surface area (Å²) >= 11 is 0. The fourth-order valence-corrected chi connectivity index (χ4v) is 2.54. The second-order valence-electron chi connectivity index (χ2n) is 5.42. The molecular formula is C16H19N5O. The van der Waals surface area contributed by atoms with E-state index in [-0.39, 0.29) is 5.69 Å². The third-order valence-corrected chi connectivity index (χ3v) is 3.61. The van der Waals surface area contributed by atoms with E-state index in [9.17, 15) is 4.79 Å². The van der Waals surface area contributed by atoms with E-state index in [1.54, 1.807) is 4.40 Å². The van der Waals surface area contributed by atoms with Gasteiger partial charge in [-0.05, 0) is 31.0 Å². The van der Waals surface area contributed by atoms with Crippen molar-refractivity contribution in [2.45, 2.75) is 33.2 Å². The highest BCUT2D eigenvalue weighted by Crippen LogP contribution is 2.09. The molecular weight excluding hydrogens is 278 g/mol. The molecule has 0 spiro atoms. The molecule has 3 rings (SSSR count). The molecule has 0 atom stereocenters. The molecule has 2 aromatic heterocycles. The Labute approximate surface area is 128 Å². The van der Waals surface area contributed by atoms with Crippen molar-refractivity contribution in [1.29, 1.82) is 0 Å². The average Bonchev–Trinajstić information content (AvgIpc) is 2.78. The summed E-state index contributed by atoms with van der Waals surface area (Å²) in [7, 11) is 0. The fraction of sp³-hybridized carbons (Fsp3) is 0.312. The standard InChI is InChI=1S/C16H19N5O/c1-3-4-14-9-15-19-20(16(22)21(15)11(2)18-14)10-12-5-7-13(17)8-6-12/h5-9H,3-4,10,17H2,1-2H3. The Balaban J connectivity index is 2.03. The van der Waals surface area contributed by atoms with Crippen LogP contribution in [0.1, 0.15) is 30.4 Å². The van der Waals surface area contributed by atoms with Crippen molar-refractivity contribution in [3.8, 4) is 0 Å². The minimum absolute atomic E-state index is 0.167. The van der Waals surface area contributed by atoms with E-state index < -0.39 is 0 Å². The van der Waals surface area contributed by atoms with Gasteiger partial charge in [-0.1, -0.05) is 25.5 Å². The van der Waals surface area contributed by atoms with E-state index >= 15 is 0 Å². The van der Waals surface area contributed by atoms with Crippen LogP contribution >= 0.6 is 0 Å². The molecule has 6 nitrogen and oxygen atoms in total. The number of benzene rings is 1. The van der Waals surface area contributed by atoms with Crippen LogP contribution in [0.3, 0.4) is 0 Å². The zero-order chi connectivity index (χ0) is 15.7. The third-order valence-electron chi connectivity index (χ3n) is 3.61. The summed E-state index contributed by atoms with van der Waals surface area (Å²) in [6, 6.07) is 9.33. The number of hydrogen-bond acceptors (Lipinski definition) is 4. The van der Waals surface area contributed by atoms with Crippen molar-refractivity contribution in [3.63, 3.8) is 0 Å². The number of nitrogen functional groups attached to an aromatic ring is 1. The molecule has 0 unspecified atom stereocenters. The van der Waals surface area contributed by atoms with Gasteiger partial charge >= 0.3 is 5.69 Å². The number of nitrogens with zero attached hydrogens (tertiary/aromatic N) is 4. The number of rotatable bonds is 4. The van der Waals surface area contributed by atoms with E-state index in [1.165, 1.54) is 4.68 Å². The van der Waals surface area contributed by atoms with Gasteiger partial charge in [0.15, 0.2) is 5.65 Å². The quantitative estimate of drug-likeness (QED) is 0.745. The lowest BCUT2D eigenvalue weighted by Gasteiger charge is -2.01. The fourth-order valence-electron chi connectivity index (χ4n) is 2.54. The Hall–Kier alpha value is -2.63. The molecule has 0 fully saturated rings. The van der Waals surface area contributed by atoms with Crippen molar-refractivity contribution in [1.82, 2.24) is 19.2 Å². The molecule has 0 aliphatic heterocycles. The average molecular weight is 297 g/mol. The summed E-state index contributed by atoms with van der Waals surface area (Å²) in [5, 5.41) is 4.43. The Morgan fingerprint density at radius 2 is 1.95 bits per heavy atom. The second kappa shape index (κ2) is 5.63. The first-order chi connectivity index (χ1) is 10.6. The maximum atomic E-state index is 12.5. The van der Waals surface area contributed by atoms with Gasteiger partial charge in [0.25, 0.3) is 0 Å². The first kappa shape index (κ1) is 14.3. The molecule has 0 bridgehead atoms. The van der Waals surface area contributed by atoms with E-state index in [0.717, 1.165) is 24.1 Å². The lowest BCUT2D eigenvalue weighted by atomic mass is 10.2. The summed E-state index contributed by atoms with van der Waals surface area (Å²) in [6.07, 6.45) is 1.90. The van der Waals surface area contributed by atoms with Gasteiger partial charge in [0, 0.05) is 17.4 Å². The van der Waals surface area contributed by atoms with E-state index in [4.69, 9.17) is 5.73 Å². The Morgan fingerprint density at radius 1 is 1.23 bits per heavy atom. The first-order valence-electron chi connectivity index (χ1n) is 7.39. The zero-order valence-electron chi connectivity index (χ0n) is 12.8. The van der Waals surface area contributed by atoms with Gasteiger partial charge in [0.2, 0.25) is 0 Å². The molecule has 2 N–H and O–H groups in total. The highest BCUT2D eigenvalue weighted by molar-refractivity contribution is 5.40. The zero-order valence-corrected chi connectivity index (χ0v) is 12.8. The van der Waals surface area contributed by atoms with Crippen molar-refractivity contribution in [2.75, 3.05) is 5.73 Å². The normalized spacial score (nSPS) is 11.2. The molecule has 3 aromatic rings. The van der Waals surface area contributed by atoms with Crippen LogP contribution in [0.2, 0.25) is 0 Å². The van der Waals surface area contributed by atoms with Crippen molar-refractivity contribution >= 4 is 11.3 Å². The summed E-state index contributed by atoms with van der Waals surface area (Å²) in [6.45, 7) is 4.36. The predicted molar refractivity (Wildman–Crippen MR) is 85.9 cm³/mol. The van der Waals surface area contributed by atoms with Crippen LogP contribution in [-0.2, 0) is 13.0 Å². The van der Waals surface area contributed by atoms with Gasteiger partial charge in [-0.25, -0.2) is 18.9 Å². The van der Waals surface area contributed by atoms with Crippen LogP contribution in [0.25, 0.3) is 5.65 Å². The summed E-state index contributed by atoms with van der Waals surface area (Å²) in [5.74, 6) is 0.675. The monoisotopic (exact) mass is 297 g/mol. The van der Waals surface area contributed by atoms with Crippen molar-refractivity contribution in [2.24, 2.45) is 0 Å². The van der Waals surface area contributed by atoms with Gasteiger partial charge in [0.05, 0.1) is 6.54 Å². The number of anilines is 1. The van der Waals surface area contributed by atoms with Crippen LogP contribution in [0, 0.1) is 6.92 Å². The topological polar surface area (TPSA) is 78.2 Å². The van der Waals surface area contributed by atoms with Crippen LogP contribution in [-0.4, -0.2) is 19.2 Å². The minimum Gasteiger partial charge on any atom is -0.399 e.